The summed E-state index contributed by atoms with van der Waals surface area (Å²) in [5.74, 6) is -0.775. The van der Waals surface area contributed by atoms with Gasteiger partial charge in [-0.2, -0.15) is 0 Å². The van der Waals surface area contributed by atoms with Crippen LogP contribution in [0.4, 0.5) is 0 Å². The van der Waals surface area contributed by atoms with Crippen LogP contribution in [0.15, 0.2) is 67.0 Å². The predicted octanol–water partition coefficient (Wildman–Crippen LogP) is 3.22. The Hall–Kier alpha value is -3.38. The molecule has 4 aromatic rings. The second kappa shape index (κ2) is 6.85. The summed E-state index contributed by atoms with van der Waals surface area (Å²) in [4.78, 5) is 16.7. The predicted molar refractivity (Wildman–Crippen MR) is 105 cm³/mol. The molecule has 26 heavy (non-hydrogen) atoms. The number of guanidine groups is 1. The Kier molecular flexibility index (Phi) is 4.60. The average molecular weight is 366 g/mol. The minimum atomic E-state index is -0.398. The SMILES string of the molecule is Cl.N=C(N)NC(=O)c1cn(-c2ccc3ncccc3c2)c2ccccc12. The fourth-order valence-electron chi connectivity index (χ4n) is 2.98. The number of nitrogens with one attached hydrogen (secondary N) is 2. The van der Waals surface area contributed by atoms with Gasteiger partial charge < -0.3 is 10.3 Å². The second-order valence-corrected chi connectivity index (χ2v) is 5.68. The molecule has 1 amide bonds. The molecule has 2 aromatic heterocycles. The number of fused-ring (bicyclic) bond motifs is 2. The van der Waals surface area contributed by atoms with Crippen LogP contribution in [0.5, 0.6) is 0 Å². The maximum absolute atomic E-state index is 12.4. The van der Waals surface area contributed by atoms with Crippen molar-refractivity contribution < 1.29 is 4.79 Å². The molecule has 0 unspecified atom stereocenters. The zero-order valence-corrected chi connectivity index (χ0v) is 14.5. The molecule has 0 aliphatic rings. The van der Waals surface area contributed by atoms with Gasteiger partial charge >= 0.3 is 0 Å². The van der Waals surface area contributed by atoms with Gasteiger partial charge in [0.1, 0.15) is 0 Å². The van der Waals surface area contributed by atoms with Gasteiger partial charge in [0, 0.05) is 28.9 Å². The van der Waals surface area contributed by atoms with Crippen LogP contribution in [0, 0.1) is 5.41 Å². The molecule has 0 radical (unpaired) electrons. The second-order valence-electron chi connectivity index (χ2n) is 5.68. The molecule has 7 heteroatoms. The third kappa shape index (κ3) is 2.98. The highest BCUT2D eigenvalue weighted by Crippen LogP contribution is 2.26. The lowest BCUT2D eigenvalue weighted by atomic mass is 10.1. The Morgan fingerprint density at radius 3 is 2.73 bits per heavy atom. The van der Waals surface area contributed by atoms with Gasteiger partial charge in [-0.15, -0.1) is 12.4 Å². The Labute approximate surface area is 155 Å². The Bertz CT molecular complexity index is 1140. The lowest BCUT2D eigenvalue weighted by molar-refractivity contribution is 0.0978. The van der Waals surface area contributed by atoms with Crippen molar-refractivity contribution in [2.75, 3.05) is 0 Å². The quantitative estimate of drug-likeness (QED) is 0.376. The smallest absolute Gasteiger partial charge is 0.260 e. The molecule has 2 heterocycles. The number of para-hydroxylation sites is 1. The number of nitrogens with zero attached hydrogens (tertiary/aromatic N) is 2. The van der Waals surface area contributed by atoms with Gasteiger partial charge in [0.2, 0.25) is 0 Å². The number of amides is 1. The molecule has 130 valence electrons. The van der Waals surface area contributed by atoms with E-state index in [1.54, 1.807) is 12.4 Å². The third-order valence-electron chi connectivity index (χ3n) is 4.07. The summed E-state index contributed by atoms with van der Waals surface area (Å²) >= 11 is 0. The van der Waals surface area contributed by atoms with Gasteiger partial charge in [-0.25, -0.2) is 0 Å². The number of pyridine rings is 1. The van der Waals surface area contributed by atoms with Gasteiger partial charge in [-0.3, -0.25) is 20.5 Å². The highest BCUT2D eigenvalue weighted by molar-refractivity contribution is 6.12. The van der Waals surface area contributed by atoms with E-state index < -0.39 is 5.91 Å². The number of halogens is 1. The molecular weight excluding hydrogens is 350 g/mol. The zero-order chi connectivity index (χ0) is 17.4. The number of nitrogens with two attached hydrogens (primary N) is 1. The van der Waals surface area contributed by atoms with Crippen LogP contribution < -0.4 is 11.1 Å². The van der Waals surface area contributed by atoms with Crippen molar-refractivity contribution in [3.63, 3.8) is 0 Å². The van der Waals surface area contributed by atoms with Crippen molar-refractivity contribution >= 4 is 46.1 Å². The van der Waals surface area contributed by atoms with Crippen LogP contribution in [0.3, 0.4) is 0 Å². The van der Waals surface area contributed by atoms with Crippen molar-refractivity contribution in [2.45, 2.75) is 0 Å². The van der Waals surface area contributed by atoms with Crippen molar-refractivity contribution in [1.82, 2.24) is 14.9 Å². The Balaban J connectivity index is 0.00000196. The molecule has 6 nitrogen and oxygen atoms in total. The van der Waals surface area contributed by atoms with E-state index in [0.717, 1.165) is 27.5 Å². The fourth-order valence-corrected chi connectivity index (χ4v) is 2.98. The molecule has 0 saturated carbocycles. The van der Waals surface area contributed by atoms with E-state index >= 15 is 0 Å². The van der Waals surface area contributed by atoms with E-state index in [9.17, 15) is 4.79 Å². The molecule has 0 spiro atoms. The normalized spacial score (nSPS) is 10.5. The summed E-state index contributed by atoms with van der Waals surface area (Å²) in [6.45, 7) is 0. The van der Waals surface area contributed by atoms with Gasteiger partial charge in [-0.05, 0) is 30.3 Å². The maximum atomic E-state index is 12.4. The first-order chi connectivity index (χ1) is 12.1. The van der Waals surface area contributed by atoms with E-state index in [0.29, 0.717) is 5.56 Å². The monoisotopic (exact) mass is 365 g/mol. The number of aromatic nitrogens is 2. The van der Waals surface area contributed by atoms with E-state index in [4.69, 9.17) is 11.1 Å². The molecule has 4 rings (SSSR count). The lowest BCUT2D eigenvalue weighted by Gasteiger charge is -2.06. The largest absolute Gasteiger partial charge is 0.370 e. The van der Waals surface area contributed by atoms with Crippen LogP contribution in [-0.2, 0) is 0 Å². The minimum absolute atomic E-state index is 0. The van der Waals surface area contributed by atoms with E-state index in [2.05, 4.69) is 10.3 Å². The molecular formula is C19H16ClN5O. The van der Waals surface area contributed by atoms with Gasteiger partial charge in [-0.1, -0.05) is 24.3 Å². The zero-order valence-electron chi connectivity index (χ0n) is 13.6. The molecule has 0 aliphatic carbocycles. The number of benzene rings is 2. The molecule has 0 saturated heterocycles. The molecule has 2 aromatic carbocycles. The van der Waals surface area contributed by atoms with Gasteiger partial charge in [0.15, 0.2) is 5.96 Å². The van der Waals surface area contributed by atoms with Gasteiger partial charge in [0.05, 0.1) is 16.6 Å². The van der Waals surface area contributed by atoms with Crippen molar-refractivity contribution in [1.29, 1.82) is 5.41 Å². The average Bonchev–Trinajstić information content (AvgIpc) is 3.00. The molecule has 0 aliphatic heterocycles. The molecule has 4 N–H and O–H groups in total. The van der Waals surface area contributed by atoms with Crippen LogP contribution in [0.2, 0.25) is 0 Å². The standard InChI is InChI=1S/C19H15N5O.ClH/c20-19(21)23-18(25)15-11-24(17-6-2-1-5-14(15)17)13-7-8-16-12(10-13)4-3-9-22-16;/h1-11H,(H4,20,21,23,25);1H. The first kappa shape index (κ1) is 17.4. The van der Waals surface area contributed by atoms with E-state index in [1.165, 1.54) is 0 Å². The summed E-state index contributed by atoms with van der Waals surface area (Å²) in [5, 5.41) is 11.4. The number of carbonyl (C=O) groups is 1. The minimum Gasteiger partial charge on any atom is -0.370 e. The van der Waals surface area contributed by atoms with Gasteiger partial charge in [0.25, 0.3) is 5.91 Å². The summed E-state index contributed by atoms with van der Waals surface area (Å²) in [6, 6.07) is 17.5. The van der Waals surface area contributed by atoms with Crippen LogP contribution in [0.25, 0.3) is 27.5 Å². The highest BCUT2D eigenvalue weighted by atomic mass is 35.5. The molecule has 0 bridgehead atoms. The van der Waals surface area contributed by atoms with Crippen LogP contribution >= 0.6 is 12.4 Å². The van der Waals surface area contributed by atoms with Crippen LogP contribution in [-0.4, -0.2) is 21.4 Å². The van der Waals surface area contributed by atoms with Crippen molar-refractivity contribution in [3.8, 4) is 5.69 Å². The number of hydrogen-bond donors (Lipinski definition) is 3. The topological polar surface area (TPSA) is 96.8 Å². The number of rotatable bonds is 2. The van der Waals surface area contributed by atoms with Crippen LogP contribution in [0.1, 0.15) is 10.4 Å². The molecule has 0 fully saturated rings. The fraction of sp³-hybridized carbons (Fsp3) is 0. The summed E-state index contributed by atoms with van der Waals surface area (Å²) in [7, 11) is 0. The Morgan fingerprint density at radius 2 is 1.92 bits per heavy atom. The number of hydrogen-bond acceptors (Lipinski definition) is 3. The van der Waals surface area contributed by atoms with Crippen molar-refractivity contribution in [2.24, 2.45) is 5.73 Å². The third-order valence-corrected chi connectivity index (χ3v) is 4.07. The summed E-state index contributed by atoms with van der Waals surface area (Å²) in [5.41, 5.74) is 8.51. The maximum Gasteiger partial charge on any atom is 0.260 e. The first-order valence-corrected chi connectivity index (χ1v) is 7.74. The number of carbonyl (C=O) groups excluding carboxylic acids is 1. The highest BCUT2D eigenvalue weighted by Gasteiger charge is 2.16. The molecule has 0 atom stereocenters. The van der Waals surface area contributed by atoms with E-state index in [1.807, 2.05) is 59.2 Å². The van der Waals surface area contributed by atoms with Crippen molar-refractivity contribution in [3.05, 3.63) is 72.6 Å². The first-order valence-electron chi connectivity index (χ1n) is 7.74. The Morgan fingerprint density at radius 1 is 1.12 bits per heavy atom. The lowest BCUT2D eigenvalue weighted by Crippen LogP contribution is -2.35. The summed E-state index contributed by atoms with van der Waals surface area (Å²) < 4.78 is 1.96. The van der Waals surface area contributed by atoms with E-state index in [-0.39, 0.29) is 18.4 Å². The summed E-state index contributed by atoms with van der Waals surface area (Å²) in [6.07, 6.45) is 3.53.